The summed E-state index contributed by atoms with van der Waals surface area (Å²) in [5.74, 6) is 0.598. The summed E-state index contributed by atoms with van der Waals surface area (Å²) in [6.07, 6.45) is 6.09. The molecule has 1 aliphatic heterocycles. The Morgan fingerprint density at radius 1 is 1.14 bits per heavy atom. The molecule has 154 valence electrons. The van der Waals surface area contributed by atoms with Gasteiger partial charge in [0.05, 0.1) is 11.4 Å². The van der Waals surface area contributed by atoms with E-state index in [0.717, 1.165) is 31.1 Å². The highest BCUT2D eigenvalue weighted by Crippen LogP contribution is 2.36. The van der Waals surface area contributed by atoms with E-state index in [9.17, 15) is 9.59 Å². The number of piperidine rings is 1. The lowest BCUT2D eigenvalue weighted by atomic mass is 9.75. The van der Waals surface area contributed by atoms with Crippen molar-refractivity contribution in [1.82, 2.24) is 14.7 Å². The molecule has 7 heteroatoms. The van der Waals surface area contributed by atoms with E-state index in [1.807, 2.05) is 35.2 Å². The number of hydrogen-bond donors (Lipinski definition) is 0. The maximum absolute atomic E-state index is 12.6. The summed E-state index contributed by atoms with van der Waals surface area (Å²) in [5.41, 5.74) is 1.43. The first kappa shape index (κ1) is 20.0. The fourth-order valence-electron chi connectivity index (χ4n) is 4.59. The van der Waals surface area contributed by atoms with Crippen molar-refractivity contribution in [3.63, 3.8) is 0 Å². The van der Waals surface area contributed by atoms with E-state index in [-0.39, 0.29) is 23.2 Å². The number of amides is 1. The number of halogens is 1. The Kier molecular flexibility index (Phi) is 5.90. The van der Waals surface area contributed by atoms with Gasteiger partial charge in [-0.25, -0.2) is 9.48 Å². The Balaban J connectivity index is 1.39. The van der Waals surface area contributed by atoms with Crippen LogP contribution in [0.4, 0.5) is 0 Å². The number of para-hydroxylation sites is 1. The zero-order chi connectivity index (χ0) is 20.4. The van der Waals surface area contributed by atoms with Gasteiger partial charge in [0.1, 0.15) is 10.7 Å². The molecule has 4 rings (SSSR count). The lowest BCUT2D eigenvalue weighted by Crippen LogP contribution is -2.46. The van der Waals surface area contributed by atoms with E-state index < -0.39 is 5.97 Å². The molecular formula is C22H26ClN3O3. The molecule has 2 atom stereocenters. The summed E-state index contributed by atoms with van der Waals surface area (Å²) in [7, 11) is 0. The van der Waals surface area contributed by atoms with Crippen molar-refractivity contribution in [1.29, 1.82) is 0 Å². The average molecular weight is 416 g/mol. The summed E-state index contributed by atoms with van der Waals surface area (Å²) in [5, 5.41) is 4.54. The number of nitrogens with zero attached hydrogens (tertiary/aromatic N) is 3. The van der Waals surface area contributed by atoms with Gasteiger partial charge in [-0.3, -0.25) is 4.79 Å². The summed E-state index contributed by atoms with van der Waals surface area (Å²) in [6, 6.07) is 9.34. The van der Waals surface area contributed by atoms with Gasteiger partial charge in [0.15, 0.2) is 6.61 Å². The van der Waals surface area contributed by atoms with Gasteiger partial charge >= 0.3 is 5.97 Å². The number of aromatic nitrogens is 2. The van der Waals surface area contributed by atoms with Crippen LogP contribution in [0.3, 0.4) is 0 Å². The Morgan fingerprint density at radius 3 is 2.62 bits per heavy atom. The molecule has 0 radical (unpaired) electrons. The van der Waals surface area contributed by atoms with Gasteiger partial charge in [0.25, 0.3) is 5.91 Å². The molecular weight excluding hydrogens is 390 g/mol. The lowest BCUT2D eigenvalue weighted by molar-refractivity contribution is -0.137. The van der Waals surface area contributed by atoms with E-state index in [1.54, 1.807) is 6.92 Å². The topological polar surface area (TPSA) is 64.4 Å². The number of aryl methyl sites for hydroxylation is 1. The summed E-state index contributed by atoms with van der Waals surface area (Å²) in [6.45, 7) is 2.98. The minimum Gasteiger partial charge on any atom is -0.452 e. The quantitative estimate of drug-likeness (QED) is 0.707. The molecule has 1 aliphatic carbocycles. The van der Waals surface area contributed by atoms with Crippen molar-refractivity contribution in [2.24, 2.45) is 11.8 Å². The van der Waals surface area contributed by atoms with Crippen LogP contribution < -0.4 is 0 Å². The summed E-state index contributed by atoms with van der Waals surface area (Å²) < 4.78 is 6.83. The largest absolute Gasteiger partial charge is 0.452 e. The third-order valence-corrected chi connectivity index (χ3v) is 6.53. The minimum absolute atomic E-state index is 0.133. The van der Waals surface area contributed by atoms with Crippen LogP contribution in [0.25, 0.3) is 5.69 Å². The van der Waals surface area contributed by atoms with Crippen molar-refractivity contribution < 1.29 is 14.3 Å². The van der Waals surface area contributed by atoms with Crippen molar-refractivity contribution in [2.45, 2.75) is 39.0 Å². The summed E-state index contributed by atoms with van der Waals surface area (Å²) in [4.78, 5) is 27.1. The van der Waals surface area contributed by atoms with Gasteiger partial charge in [-0.15, -0.1) is 0 Å². The maximum atomic E-state index is 12.6. The third kappa shape index (κ3) is 4.17. The van der Waals surface area contributed by atoms with Crippen LogP contribution in [0, 0.1) is 18.8 Å². The molecule has 1 aromatic carbocycles. The highest BCUT2D eigenvalue weighted by atomic mass is 35.5. The number of esters is 1. The third-order valence-electron chi connectivity index (χ3n) is 6.18. The zero-order valence-electron chi connectivity index (χ0n) is 16.6. The molecule has 2 aromatic rings. The molecule has 0 N–H and O–H groups in total. The highest BCUT2D eigenvalue weighted by molar-refractivity contribution is 6.33. The molecule has 0 unspecified atom stereocenters. The monoisotopic (exact) mass is 415 g/mol. The Labute approximate surface area is 175 Å². The second-order valence-electron chi connectivity index (χ2n) is 8.01. The number of hydrogen-bond acceptors (Lipinski definition) is 4. The minimum atomic E-state index is -0.615. The molecule has 2 fully saturated rings. The van der Waals surface area contributed by atoms with Gasteiger partial charge in [0, 0.05) is 13.1 Å². The molecule has 0 spiro atoms. The molecule has 1 amide bonds. The molecule has 2 heterocycles. The van der Waals surface area contributed by atoms with Crippen LogP contribution in [0.5, 0.6) is 0 Å². The number of carbonyl (C=O) groups is 2. The SMILES string of the molecule is Cc1nn(-c2ccccc2)c(Cl)c1C(=O)OCC(=O)N1CC[C@H]2CCCC[C@H]2C1. The van der Waals surface area contributed by atoms with E-state index in [2.05, 4.69) is 5.10 Å². The number of likely N-dealkylation sites (tertiary alicyclic amines) is 1. The van der Waals surface area contributed by atoms with Gasteiger partial charge in [-0.1, -0.05) is 49.1 Å². The maximum Gasteiger partial charge on any atom is 0.343 e. The van der Waals surface area contributed by atoms with Crippen LogP contribution in [0.1, 0.15) is 48.2 Å². The zero-order valence-corrected chi connectivity index (χ0v) is 17.4. The molecule has 0 bridgehead atoms. The first-order chi connectivity index (χ1) is 14.0. The van der Waals surface area contributed by atoms with Gasteiger partial charge in [0.2, 0.25) is 0 Å². The predicted molar refractivity (Wildman–Crippen MR) is 110 cm³/mol. The Morgan fingerprint density at radius 2 is 1.86 bits per heavy atom. The Bertz CT molecular complexity index is 896. The van der Waals surface area contributed by atoms with Crippen LogP contribution in [-0.2, 0) is 9.53 Å². The first-order valence-corrected chi connectivity index (χ1v) is 10.7. The van der Waals surface area contributed by atoms with Gasteiger partial charge < -0.3 is 9.64 Å². The second kappa shape index (κ2) is 8.57. The van der Waals surface area contributed by atoms with Gasteiger partial charge in [-0.05, 0) is 43.7 Å². The number of carbonyl (C=O) groups excluding carboxylic acids is 2. The van der Waals surface area contributed by atoms with Gasteiger partial charge in [-0.2, -0.15) is 5.10 Å². The number of benzene rings is 1. The molecule has 29 heavy (non-hydrogen) atoms. The lowest BCUT2D eigenvalue weighted by Gasteiger charge is -2.41. The van der Waals surface area contributed by atoms with E-state index in [4.69, 9.17) is 16.3 Å². The second-order valence-corrected chi connectivity index (χ2v) is 8.37. The van der Waals surface area contributed by atoms with Crippen LogP contribution >= 0.6 is 11.6 Å². The van der Waals surface area contributed by atoms with Crippen molar-refractivity contribution in [2.75, 3.05) is 19.7 Å². The van der Waals surface area contributed by atoms with Crippen LogP contribution in [-0.4, -0.2) is 46.3 Å². The smallest absolute Gasteiger partial charge is 0.343 e. The van der Waals surface area contributed by atoms with Crippen LogP contribution in [0.2, 0.25) is 5.15 Å². The normalized spacial score (nSPS) is 21.5. The number of ether oxygens (including phenoxy) is 1. The molecule has 6 nitrogen and oxygen atoms in total. The molecule has 2 aliphatic rings. The summed E-state index contributed by atoms with van der Waals surface area (Å²) >= 11 is 6.40. The van der Waals surface area contributed by atoms with E-state index in [1.165, 1.54) is 30.4 Å². The Hall–Kier alpha value is -2.34. The predicted octanol–water partition coefficient (Wildman–Crippen LogP) is 4.03. The number of fused-ring (bicyclic) bond motifs is 1. The fraction of sp³-hybridized carbons (Fsp3) is 0.500. The van der Waals surface area contributed by atoms with Crippen LogP contribution in [0.15, 0.2) is 30.3 Å². The fourth-order valence-corrected chi connectivity index (χ4v) is 4.94. The molecule has 1 saturated heterocycles. The molecule has 1 saturated carbocycles. The highest BCUT2D eigenvalue weighted by Gasteiger charge is 2.33. The number of rotatable bonds is 4. The van der Waals surface area contributed by atoms with Crippen molar-refractivity contribution in [3.05, 3.63) is 46.7 Å². The van der Waals surface area contributed by atoms with Crippen molar-refractivity contribution in [3.8, 4) is 5.69 Å². The standard InChI is InChI=1S/C22H26ClN3O3/c1-15-20(21(23)26(24-15)18-9-3-2-4-10-18)22(28)29-14-19(27)25-12-11-16-7-5-6-8-17(16)13-25/h2-4,9-10,16-17H,5-8,11-14H2,1H3/t16-,17+/m1/s1. The van der Waals surface area contributed by atoms with Crippen molar-refractivity contribution >= 4 is 23.5 Å². The first-order valence-electron chi connectivity index (χ1n) is 10.3. The molecule has 1 aromatic heterocycles. The van der Waals surface area contributed by atoms with E-state index in [0.29, 0.717) is 11.6 Å². The van der Waals surface area contributed by atoms with E-state index >= 15 is 0 Å². The average Bonchev–Trinajstić information content (AvgIpc) is 3.06.